The van der Waals surface area contributed by atoms with Crippen molar-refractivity contribution in [3.8, 4) is 0 Å². The quantitative estimate of drug-likeness (QED) is 0.719. The van der Waals surface area contributed by atoms with Crippen LogP contribution in [0.3, 0.4) is 0 Å². The SMILES string of the molecule is [B]N1CC(C)(c2cccc(C(F)(F)F)c2)c2ccccc21. The lowest BCUT2D eigenvalue weighted by atomic mass is 9.77. The number of hydrogen-bond acceptors (Lipinski definition) is 1. The Morgan fingerprint density at radius 1 is 1.10 bits per heavy atom. The minimum absolute atomic E-state index is 0.452. The van der Waals surface area contributed by atoms with E-state index in [0.717, 1.165) is 17.3 Å². The Morgan fingerprint density at radius 2 is 1.81 bits per heavy atom. The molecule has 5 heteroatoms. The molecule has 0 spiro atoms. The summed E-state index contributed by atoms with van der Waals surface area (Å²) in [5.41, 5.74) is 1.25. The molecule has 0 saturated carbocycles. The zero-order valence-corrected chi connectivity index (χ0v) is 11.5. The number of alkyl halides is 3. The Kier molecular flexibility index (Phi) is 3.04. The molecular weight excluding hydrogens is 274 g/mol. The fourth-order valence-corrected chi connectivity index (χ4v) is 2.99. The van der Waals surface area contributed by atoms with E-state index in [1.165, 1.54) is 12.1 Å². The zero-order valence-electron chi connectivity index (χ0n) is 11.5. The van der Waals surface area contributed by atoms with Gasteiger partial charge in [0.2, 0.25) is 7.98 Å². The zero-order chi connectivity index (χ0) is 15.3. The molecule has 1 unspecified atom stereocenters. The molecule has 0 bridgehead atoms. The average Bonchev–Trinajstić information content (AvgIpc) is 2.72. The Balaban J connectivity index is 2.13. The summed E-state index contributed by atoms with van der Waals surface area (Å²) in [7, 11) is 5.99. The van der Waals surface area contributed by atoms with Gasteiger partial charge in [0.25, 0.3) is 0 Å². The first kappa shape index (κ1) is 14.0. The number of rotatable bonds is 1. The Hall–Kier alpha value is -1.91. The number of halogens is 3. The second-order valence-corrected chi connectivity index (χ2v) is 5.56. The van der Waals surface area contributed by atoms with Crippen LogP contribution in [-0.4, -0.2) is 14.5 Å². The van der Waals surface area contributed by atoms with Crippen LogP contribution < -0.4 is 4.81 Å². The van der Waals surface area contributed by atoms with Gasteiger partial charge >= 0.3 is 6.18 Å². The van der Waals surface area contributed by atoms with Crippen LogP contribution in [0.15, 0.2) is 48.5 Å². The van der Waals surface area contributed by atoms with Crippen molar-refractivity contribution >= 4 is 13.7 Å². The molecule has 0 fully saturated rings. The first-order chi connectivity index (χ1) is 9.82. The maximum absolute atomic E-state index is 12.9. The molecule has 0 amide bonds. The summed E-state index contributed by atoms with van der Waals surface area (Å²) in [5.74, 6) is 0. The molecule has 1 heterocycles. The van der Waals surface area contributed by atoms with Crippen LogP contribution >= 0.6 is 0 Å². The maximum atomic E-state index is 12.9. The highest BCUT2D eigenvalue weighted by Crippen LogP contribution is 2.44. The van der Waals surface area contributed by atoms with Gasteiger partial charge in [0, 0.05) is 17.6 Å². The van der Waals surface area contributed by atoms with Gasteiger partial charge in [-0.25, -0.2) is 0 Å². The minimum atomic E-state index is -4.34. The smallest absolute Gasteiger partial charge is 0.416 e. The molecule has 3 rings (SSSR count). The van der Waals surface area contributed by atoms with Gasteiger partial charge in [0.05, 0.1) is 5.56 Å². The number of nitrogens with zero attached hydrogens (tertiary/aromatic N) is 1. The van der Waals surface area contributed by atoms with Crippen molar-refractivity contribution in [2.24, 2.45) is 0 Å². The van der Waals surface area contributed by atoms with Crippen LogP contribution in [0.1, 0.15) is 23.6 Å². The van der Waals surface area contributed by atoms with Crippen molar-refractivity contribution in [1.29, 1.82) is 0 Å². The van der Waals surface area contributed by atoms with Crippen LogP contribution in [0.25, 0.3) is 0 Å². The van der Waals surface area contributed by atoms with E-state index in [-0.39, 0.29) is 0 Å². The van der Waals surface area contributed by atoms with Gasteiger partial charge in [-0.1, -0.05) is 36.4 Å². The largest absolute Gasteiger partial charge is 0.423 e. The highest BCUT2D eigenvalue weighted by molar-refractivity contribution is 6.19. The molecule has 1 nitrogen and oxygen atoms in total. The van der Waals surface area contributed by atoms with Crippen LogP contribution in [0, 0.1) is 0 Å². The fourth-order valence-electron chi connectivity index (χ4n) is 2.99. The van der Waals surface area contributed by atoms with Gasteiger partial charge in [-0.05, 0) is 30.2 Å². The van der Waals surface area contributed by atoms with Gasteiger partial charge in [0.1, 0.15) is 0 Å². The van der Waals surface area contributed by atoms with Gasteiger partial charge in [-0.3, -0.25) is 0 Å². The molecule has 0 saturated heterocycles. The predicted molar refractivity (Wildman–Crippen MR) is 77.4 cm³/mol. The summed E-state index contributed by atoms with van der Waals surface area (Å²) < 4.78 is 38.8. The summed E-state index contributed by atoms with van der Waals surface area (Å²) in [5, 5.41) is 0. The van der Waals surface area contributed by atoms with Crippen molar-refractivity contribution < 1.29 is 13.2 Å². The summed E-state index contributed by atoms with van der Waals surface area (Å²) in [6.45, 7) is 2.38. The standard InChI is InChI=1S/C16H13BF3N/c1-15(10-21(17)14-8-3-2-7-13(14)15)11-5-4-6-12(9-11)16(18,19)20/h2-9H,10H2,1H3. The molecule has 1 aliphatic rings. The monoisotopic (exact) mass is 287 g/mol. The van der Waals surface area contributed by atoms with Gasteiger partial charge < -0.3 is 4.81 Å². The molecule has 21 heavy (non-hydrogen) atoms. The fraction of sp³-hybridized carbons (Fsp3) is 0.250. The van der Waals surface area contributed by atoms with Crippen LogP contribution in [0.4, 0.5) is 18.9 Å². The number of anilines is 1. The van der Waals surface area contributed by atoms with E-state index in [2.05, 4.69) is 0 Å². The molecule has 0 aromatic heterocycles. The number of para-hydroxylation sites is 1. The van der Waals surface area contributed by atoms with Crippen molar-refractivity contribution in [3.05, 3.63) is 65.2 Å². The summed E-state index contributed by atoms with van der Waals surface area (Å²) in [6.07, 6.45) is -4.34. The minimum Gasteiger partial charge on any atom is -0.423 e. The van der Waals surface area contributed by atoms with Gasteiger partial charge in [-0.15, -0.1) is 0 Å². The van der Waals surface area contributed by atoms with Crippen LogP contribution in [-0.2, 0) is 11.6 Å². The van der Waals surface area contributed by atoms with E-state index < -0.39 is 17.2 Å². The highest BCUT2D eigenvalue weighted by Gasteiger charge is 2.39. The van der Waals surface area contributed by atoms with E-state index in [1.807, 2.05) is 31.2 Å². The lowest BCUT2D eigenvalue weighted by Gasteiger charge is -2.27. The second kappa shape index (κ2) is 4.55. The predicted octanol–water partition coefficient (Wildman–Crippen LogP) is 3.91. The van der Waals surface area contributed by atoms with Crippen molar-refractivity contribution in [2.75, 3.05) is 11.4 Å². The number of fused-ring (bicyclic) bond motifs is 1. The second-order valence-electron chi connectivity index (χ2n) is 5.56. The third-order valence-corrected chi connectivity index (χ3v) is 4.12. The summed E-state index contributed by atoms with van der Waals surface area (Å²) in [6, 6.07) is 13.0. The molecule has 2 radical (unpaired) electrons. The first-order valence-electron chi connectivity index (χ1n) is 6.62. The first-order valence-corrected chi connectivity index (χ1v) is 6.62. The lowest BCUT2D eigenvalue weighted by molar-refractivity contribution is -0.137. The van der Waals surface area contributed by atoms with Crippen molar-refractivity contribution in [1.82, 2.24) is 0 Å². The lowest BCUT2D eigenvalue weighted by Crippen LogP contribution is -2.30. The van der Waals surface area contributed by atoms with Gasteiger partial charge in [0.15, 0.2) is 0 Å². The molecule has 106 valence electrons. The normalized spacial score (nSPS) is 21.4. The Bertz CT molecular complexity index is 683. The highest BCUT2D eigenvalue weighted by atomic mass is 19.4. The Labute approximate surface area is 122 Å². The third kappa shape index (κ3) is 2.21. The van der Waals surface area contributed by atoms with Gasteiger partial charge in [-0.2, -0.15) is 13.2 Å². The Morgan fingerprint density at radius 3 is 2.52 bits per heavy atom. The topological polar surface area (TPSA) is 3.24 Å². The van der Waals surface area contributed by atoms with Crippen molar-refractivity contribution in [2.45, 2.75) is 18.5 Å². The van der Waals surface area contributed by atoms with E-state index in [4.69, 9.17) is 7.98 Å². The molecule has 0 N–H and O–H groups in total. The number of benzene rings is 2. The molecule has 1 aliphatic heterocycles. The summed E-state index contributed by atoms with van der Waals surface area (Å²) in [4.78, 5) is 1.59. The van der Waals surface area contributed by atoms with E-state index in [1.54, 1.807) is 10.9 Å². The van der Waals surface area contributed by atoms with E-state index in [9.17, 15) is 13.2 Å². The van der Waals surface area contributed by atoms with E-state index in [0.29, 0.717) is 12.1 Å². The molecular formula is C16H13BF3N. The molecule has 0 aliphatic carbocycles. The average molecular weight is 287 g/mol. The third-order valence-electron chi connectivity index (χ3n) is 4.12. The molecule has 1 atom stereocenters. The van der Waals surface area contributed by atoms with Crippen LogP contribution in [0.5, 0.6) is 0 Å². The number of hydrogen-bond donors (Lipinski definition) is 0. The summed E-state index contributed by atoms with van der Waals surface area (Å²) >= 11 is 0. The maximum Gasteiger partial charge on any atom is 0.416 e. The van der Waals surface area contributed by atoms with E-state index >= 15 is 0 Å². The molecule has 2 aromatic carbocycles. The van der Waals surface area contributed by atoms with Crippen molar-refractivity contribution in [3.63, 3.8) is 0 Å². The molecule has 2 aromatic rings. The van der Waals surface area contributed by atoms with Crippen LogP contribution in [0.2, 0.25) is 0 Å².